The van der Waals surface area contributed by atoms with Crippen LogP contribution in [0.25, 0.3) is 0 Å². The molecular weight excluding hydrogens is 1190 g/mol. The number of unbranched alkanes of at least 4 members (excludes halogenated alkanes) is 49. The molecule has 0 radical (unpaired) electrons. The molecule has 2 heterocycles. The third kappa shape index (κ3) is 48.4. The number of hydrogen-bond donors (Lipinski definition) is 9. The van der Waals surface area contributed by atoms with Gasteiger partial charge in [-0.25, -0.2) is 0 Å². The third-order valence-corrected chi connectivity index (χ3v) is 19.7. The summed E-state index contributed by atoms with van der Waals surface area (Å²) in [4.78, 5) is 13.4. The number of aliphatic hydroxyl groups excluding tert-OH is 8. The molecular formula is C81H151NO13. The Bertz CT molecular complexity index is 1780. The molecule has 14 nitrogen and oxygen atoms in total. The second-order valence-corrected chi connectivity index (χ2v) is 28.5. The topological polar surface area (TPSA) is 228 Å². The van der Waals surface area contributed by atoms with Gasteiger partial charge in [0.15, 0.2) is 12.6 Å². The van der Waals surface area contributed by atoms with Crippen molar-refractivity contribution in [3.8, 4) is 0 Å². The highest BCUT2D eigenvalue weighted by molar-refractivity contribution is 5.76. The predicted molar refractivity (Wildman–Crippen MR) is 392 cm³/mol. The number of carbonyl (C=O) groups is 1. The van der Waals surface area contributed by atoms with Gasteiger partial charge in [0.2, 0.25) is 5.91 Å². The Morgan fingerprint density at radius 2 is 0.674 bits per heavy atom. The van der Waals surface area contributed by atoms with E-state index in [4.69, 9.17) is 18.9 Å². The van der Waals surface area contributed by atoms with Crippen molar-refractivity contribution in [1.82, 2.24) is 5.32 Å². The lowest BCUT2D eigenvalue weighted by atomic mass is 9.97. The monoisotopic (exact) mass is 1350 g/mol. The van der Waals surface area contributed by atoms with Gasteiger partial charge in [-0.15, -0.1) is 0 Å². The summed E-state index contributed by atoms with van der Waals surface area (Å²) in [6.07, 6.45) is 70.7. The van der Waals surface area contributed by atoms with Gasteiger partial charge in [-0.2, -0.15) is 0 Å². The van der Waals surface area contributed by atoms with Crippen LogP contribution in [-0.4, -0.2) is 140 Å². The van der Waals surface area contributed by atoms with Crippen LogP contribution in [0.4, 0.5) is 0 Å². The molecule has 12 unspecified atom stereocenters. The Hall–Kier alpha value is -2.05. The number of carbonyl (C=O) groups excluding carboxylic acids is 1. The van der Waals surface area contributed by atoms with Crippen molar-refractivity contribution >= 4 is 5.91 Å². The molecule has 0 bridgehead atoms. The van der Waals surface area contributed by atoms with Gasteiger partial charge in [0.05, 0.1) is 32.0 Å². The molecule has 2 fully saturated rings. The largest absolute Gasteiger partial charge is 0.394 e. The van der Waals surface area contributed by atoms with Gasteiger partial charge in [0.25, 0.3) is 0 Å². The molecule has 1 amide bonds. The second-order valence-electron chi connectivity index (χ2n) is 28.5. The highest BCUT2D eigenvalue weighted by Crippen LogP contribution is 2.30. The Kier molecular flexibility index (Phi) is 61.2. The third-order valence-electron chi connectivity index (χ3n) is 19.7. The maximum Gasteiger partial charge on any atom is 0.220 e. The minimum absolute atomic E-state index is 0.246. The van der Waals surface area contributed by atoms with E-state index in [1.807, 2.05) is 6.08 Å². The Labute approximate surface area is 582 Å². The van der Waals surface area contributed by atoms with Gasteiger partial charge in [-0.05, 0) is 70.6 Å². The van der Waals surface area contributed by atoms with Crippen LogP contribution < -0.4 is 5.32 Å². The summed E-state index contributed by atoms with van der Waals surface area (Å²) in [5.74, 6) is -0.246. The van der Waals surface area contributed by atoms with E-state index in [0.717, 1.165) is 44.9 Å². The molecule has 14 heteroatoms. The highest BCUT2D eigenvalue weighted by atomic mass is 16.7. The molecule has 95 heavy (non-hydrogen) atoms. The highest BCUT2D eigenvalue weighted by Gasteiger charge is 2.51. The van der Waals surface area contributed by atoms with Crippen molar-refractivity contribution in [3.05, 3.63) is 48.6 Å². The SMILES string of the molecule is CCCCCCCCCC/C=C\CCCCCCCCCCCCCCCCCCCCCCCCCCCCCC(=O)NC(COC1OC(CO)C(OC2OC(CO)C(O)C(O)C2O)C(O)C1O)C(O)/C=C/CC/C=C/CC/C=C/CCCCCCCCCCCCCC. The summed E-state index contributed by atoms with van der Waals surface area (Å²) in [7, 11) is 0. The van der Waals surface area contributed by atoms with Gasteiger partial charge in [0.1, 0.15) is 48.8 Å². The average molecular weight is 1350 g/mol. The molecule has 0 aliphatic carbocycles. The van der Waals surface area contributed by atoms with E-state index in [2.05, 4.69) is 55.6 Å². The van der Waals surface area contributed by atoms with Crippen LogP contribution in [0.15, 0.2) is 48.6 Å². The lowest BCUT2D eigenvalue weighted by molar-refractivity contribution is -0.359. The first-order valence-corrected chi connectivity index (χ1v) is 40.4. The van der Waals surface area contributed by atoms with Crippen LogP contribution >= 0.6 is 0 Å². The van der Waals surface area contributed by atoms with Crippen molar-refractivity contribution in [1.29, 1.82) is 0 Å². The van der Waals surface area contributed by atoms with Crippen molar-refractivity contribution in [3.63, 3.8) is 0 Å². The summed E-state index contributed by atoms with van der Waals surface area (Å²) in [6, 6.07) is -0.939. The summed E-state index contributed by atoms with van der Waals surface area (Å²) >= 11 is 0. The molecule has 0 saturated carbocycles. The van der Waals surface area contributed by atoms with Gasteiger partial charge < -0.3 is 65.1 Å². The fourth-order valence-corrected chi connectivity index (χ4v) is 13.3. The first-order chi connectivity index (χ1) is 46.6. The molecule has 2 rings (SSSR count). The fraction of sp³-hybridized carbons (Fsp3) is 0.889. The van der Waals surface area contributed by atoms with Gasteiger partial charge in [-0.3, -0.25) is 4.79 Å². The molecule has 2 saturated heterocycles. The first kappa shape index (κ1) is 89.0. The standard InChI is InChI=1S/C81H151NO13/c1-3-5-7-9-11-13-15-17-19-21-23-25-27-28-29-30-31-32-33-34-35-36-37-38-39-40-41-42-43-45-47-49-51-53-55-57-59-61-63-65-73(86)82-69(68-92-80-78(91)76(89)79(72(67-84)94-80)95-81-77(90)75(88)74(87)71(66-83)93-81)70(85)64-62-60-58-56-54-52-50-48-46-44-26-24-22-20-18-16-14-12-10-8-6-4-2/h21,23,46,48,54,56,62,64,69-72,74-81,83-85,87-91H,3-20,22,24-45,47,49-53,55,57-61,63,65-68H2,1-2H3,(H,82,86)/b23-21-,48-46+,56-54+,64-62+. The van der Waals surface area contributed by atoms with Crippen LogP contribution in [-0.2, 0) is 23.7 Å². The Morgan fingerprint density at radius 1 is 0.368 bits per heavy atom. The number of hydrogen-bond acceptors (Lipinski definition) is 13. The van der Waals surface area contributed by atoms with E-state index in [9.17, 15) is 45.6 Å². The lowest BCUT2D eigenvalue weighted by Crippen LogP contribution is -2.65. The van der Waals surface area contributed by atoms with Crippen molar-refractivity contribution in [2.45, 2.75) is 441 Å². The van der Waals surface area contributed by atoms with E-state index in [-0.39, 0.29) is 18.9 Å². The lowest BCUT2D eigenvalue weighted by Gasteiger charge is -2.46. The number of nitrogens with one attached hydrogen (secondary N) is 1. The molecule has 0 aromatic heterocycles. The molecule has 0 spiro atoms. The van der Waals surface area contributed by atoms with Crippen molar-refractivity contribution in [2.24, 2.45) is 0 Å². The van der Waals surface area contributed by atoms with E-state index >= 15 is 0 Å². The summed E-state index contributed by atoms with van der Waals surface area (Å²) in [5, 5.41) is 87.6. The summed E-state index contributed by atoms with van der Waals surface area (Å²) in [5.41, 5.74) is 0. The molecule has 0 aromatic carbocycles. The van der Waals surface area contributed by atoms with Gasteiger partial charge in [-0.1, -0.05) is 339 Å². The quantitative estimate of drug-likeness (QED) is 0.0204. The summed E-state index contributed by atoms with van der Waals surface area (Å²) in [6.45, 7) is 2.83. The van der Waals surface area contributed by atoms with E-state index in [1.54, 1.807) is 6.08 Å². The Balaban J connectivity index is 1.58. The van der Waals surface area contributed by atoms with Crippen LogP contribution in [0.1, 0.15) is 367 Å². The maximum absolute atomic E-state index is 13.4. The summed E-state index contributed by atoms with van der Waals surface area (Å²) < 4.78 is 22.9. The van der Waals surface area contributed by atoms with Crippen molar-refractivity contribution in [2.75, 3.05) is 19.8 Å². The smallest absolute Gasteiger partial charge is 0.220 e. The van der Waals surface area contributed by atoms with E-state index in [1.165, 1.54) is 289 Å². The predicted octanol–water partition coefficient (Wildman–Crippen LogP) is 18.2. The Morgan fingerprint density at radius 3 is 1.03 bits per heavy atom. The van der Waals surface area contributed by atoms with Crippen LogP contribution in [0.5, 0.6) is 0 Å². The molecule has 2 aliphatic heterocycles. The maximum atomic E-state index is 13.4. The van der Waals surface area contributed by atoms with Crippen LogP contribution in [0.3, 0.4) is 0 Å². The second kappa shape index (κ2) is 65.3. The normalized spacial score (nSPS) is 22.5. The number of amides is 1. The fourth-order valence-electron chi connectivity index (χ4n) is 13.3. The zero-order valence-corrected chi connectivity index (χ0v) is 61.2. The molecule has 558 valence electrons. The number of allylic oxidation sites excluding steroid dienone is 7. The number of rotatable bonds is 68. The van der Waals surface area contributed by atoms with Gasteiger partial charge in [0, 0.05) is 6.42 Å². The van der Waals surface area contributed by atoms with E-state index in [0.29, 0.717) is 12.8 Å². The van der Waals surface area contributed by atoms with Crippen molar-refractivity contribution < 1.29 is 64.6 Å². The van der Waals surface area contributed by atoms with Crippen LogP contribution in [0, 0.1) is 0 Å². The zero-order chi connectivity index (χ0) is 68.7. The molecule has 2 aliphatic rings. The zero-order valence-electron chi connectivity index (χ0n) is 61.2. The van der Waals surface area contributed by atoms with Gasteiger partial charge >= 0.3 is 0 Å². The number of ether oxygens (including phenoxy) is 4. The minimum Gasteiger partial charge on any atom is -0.394 e. The van der Waals surface area contributed by atoms with E-state index < -0.39 is 86.8 Å². The molecule has 0 aromatic rings. The molecule has 12 atom stereocenters. The average Bonchev–Trinajstić information content (AvgIpc) is 0.801. The minimum atomic E-state index is -1.79. The first-order valence-electron chi connectivity index (χ1n) is 40.4. The van der Waals surface area contributed by atoms with Crippen LogP contribution in [0.2, 0.25) is 0 Å². The molecule has 9 N–H and O–H groups in total. The number of aliphatic hydroxyl groups is 8.